The summed E-state index contributed by atoms with van der Waals surface area (Å²) in [6, 6.07) is 14.0. The SMILES string of the molecule is N=C(CCCCC(=N)SC(=N)NC(=O)Cc1ccccc1Cl)SC(=N)NC(=O)Cc1ccccc1Cl. The molecule has 0 bridgehead atoms. The fourth-order valence-electron chi connectivity index (χ4n) is 2.94. The van der Waals surface area contributed by atoms with Crippen molar-refractivity contribution in [1.29, 1.82) is 21.6 Å². The molecule has 36 heavy (non-hydrogen) atoms. The zero-order valence-corrected chi connectivity index (χ0v) is 22.4. The van der Waals surface area contributed by atoms with E-state index in [0.29, 0.717) is 46.9 Å². The van der Waals surface area contributed by atoms with E-state index < -0.39 is 0 Å². The second-order valence-corrected chi connectivity index (χ2v) is 10.6. The average molecular weight is 566 g/mol. The van der Waals surface area contributed by atoms with E-state index >= 15 is 0 Å². The fraction of sp³-hybridized carbons (Fsp3) is 0.250. The summed E-state index contributed by atoms with van der Waals surface area (Å²) >= 11 is 13.8. The molecular weight excluding hydrogens is 539 g/mol. The number of carbonyl (C=O) groups excluding carboxylic acids is 2. The number of amidine groups is 2. The van der Waals surface area contributed by atoms with Crippen LogP contribution in [0.5, 0.6) is 0 Å². The first-order valence-electron chi connectivity index (χ1n) is 10.9. The topological polar surface area (TPSA) is 154 Å². The Bertz CT molecular complexity index is 1070. The predicted octanol–water partition coefficient (Wildman–Crippen LogP) is 5.86. The van der Waals surface area contributed by atoms with Crippen LogP contribution in [-0.2, 0) is 22.4 Å². The highest BCUT2D eigenvalue weighted by Crippen LogP contribution is 2.18. The minimum Gasteiger partial charge on any atom is -0.305 e. The first-order valence-corrected chi connectivity index (χ1v) is 13.3. The maximum Gasteiger partial charge on any atom is 0.230 e. The van der Waals surface area contributed by atoms with Crippen LogP contribution < -0.4 is 10.6 Å². The van der Waals surface area contributed by atoms with Crippen LogP contribution in [0.2, 0.25) is 10.0 Å². The van der Waals surface area contributed by atoms with E-state index in [4.69, 9.17) is 44.8 Å². The van der Waals surface area contributed by atoms with E-state index in [0.717, 1.165) is 23.5 Å². The molecule has 0 aliphatic heterocycles. The lowest BCUT2D eigenvalue weighted by Gasteiger charge is -2.09. The van der Waals surface area contributed by atoms with Gasteiger partial charge in [-0.2, -0.15) is 0 Å². The average Bonchev–Trinajstić information content (AvgIpc) is 2.79. The number of amides is 2. The Balaban J connectivity index is 1.59. The lowest BCUT2D eigenvalue weighted by molar-refractivity contribution is -0.119. The molecule has 2 rings (SSSR count). The summed E-state index contributed by atoms with van der Waals surface area (Å²) in [5.74, 6) is -0.749. The maximum atomic E-state index is 12.1. The Morgan fingerprint density at radius 3 is 1.39 bits per heavy atom. The monoisotopic (exact) mass is 564 g/mol. The quantitative estimate of drug-likeness (QED) is 0.128. The first kappa shape index (κ1) is 29.6. The molecule has 2 aromatic carbocycles. The van der Waals surface area contributed by atoms with E-state index in [1.54, 1.807) is 48.5 Å². The Kier molecular flexibility index (Phi) is 12.7. The van der Waals surface area contributed by atoms with E-state index in [-0.39, 0.29) is 45.1 Å². The van der Waals surface area contributed by atoms with Gasteiger partial charge in [0.25, 0.3) is 0 Å². The van der Waals surface area contributed by atoms with Gasteiger partial charge in [-0.15, -0.1) is 0 Å². The van der Waals surface area contributed by atoms with Crippen LogP contribution >= 0.6 is 46.7 Å². The number of rotatable bonds is 9. The minimum absolute atomic E-state index is 0.0468. The van der Waals surface area contributed by atoms with E-state index in [9.17, 15) is 9.59 Å². The van der Waals surface area contributed by atoms with Crippen LogP contribution in [-0.4, -0.2) is 32.2 Å². The van der Waals surface area contributed by atoms with Gasteiger partial charge >= 0.3 is 0 Å². The van der Waals surface area contributed by atoms with Crippen LogP contribution in [0.15, 0.2) is 48.5 Å². The number of hydrogen-bond donors (Lipinski definition) is 6. The van der Waals surface area contributed by atoms with Gasteiger partial charge in [-0.1, -0.05) is 59.6 Å². The van der Waals surface area contributed by atoms with Gasteiger partial charge in [0.2, 0.25) is 11.8 Å². The zero-order valence-electron chi connectivity index (χ0n) is 19.3. The second kappa shape index (κ2) is 15.5. The van der Waals surface area contributed by atoms with Crippen LogP contribution in [0.25, 0.3) is 0 Å². The normalized spacial score (nSPS) is 10.4. The van der Waals surface area contributed by atoms with Crippen LogP contribution in [0.3, 0.4) is 0 Å². The van der Waals surface area contributed by atoms with E-state index in [2.05, 4.69) is 10.6 Å². The van der Waals surface area contributed by atoms with Crippen LogP contribution in [0.4, 0.5) is 0 Å². The van der Waals surface area contributed by atoms with Gasteiger partial charge in [0, 0.05) is 10.0 Å². The van der Waals surface area contributed by atoms with Gasteiger partial charge in [0.1, 0.15) is 0 Å². The highest BCUT2D eigenvalue weighted by Gasteiger charge is 2.12. The molecule has 0 fully saturated rings. The van der Waals surface area contributed by atoms with Crippen molar-refractivity contribution in [3.8, 4) is 0 Å². The molecule has 2 amide bonds. The summed E-state index contributed by atoms with van der Waals surface area (Å²) in [6.45, 7) is 0. The third kappa shape index (κ3) is 11.4. The minimum atomic E-state index is -0.375. The van der Waals surface area contributed by atoms with Crippen molar-refractivity contribution in [3.05, 3.63) is 69.7 Å². The van der Waals surface area contributed by atoms with Gasteiger partial charge in [0.05, 0.1) is 22.9 Å². The van der Waals surface area contributed by atoms with Crippen molar-refractivity contribution in [1.82, 2.24) is 10.6 Å². The number of hydrogen-bond acceptors (Lipinski definition) is 8. The molecule has 0 unspecified atom stereocenters. The summed E-state index contributed by atoms with van der Waals surface area (Å²) in [5.41, 5.74) is 1.33. The number of thioether (sulfide) groups is 2. The Hall–Kier alpha value is -2.66. The van der Waals surface area contributed by atoms with Gasteiger partial charge in [-0.25, -0.2) is 0 Å². The predicted molar refractivity (Wildman–Crippen MR) is 151 cm³/mol. The largest absolute Gasteiger partial charge is 0.305 e. The molecule has 0 spiro atoms. The van der Waals surface area contributed by atoms with E-state index in [1.165, 1.54) is 0 Å². The van der Waals surface area contributed by atoms with E-state index in [1.807, 2.05) is 0 Å². The molecule has 0 radical (unpaired) electrons. The van der Waals surface area contributed by atoms with Gasteiger partial charge in [-0.05, 0) is 72.5 Å². The summed E-state index contributed by atoms with van der Waals surface area (Å²) in [5, 5.41) is 37.9. The smallest absolute Gasteiger partial charge is 0.230 e. The number of benzene rings is 2. The van der Waals surface area contributed by atoms with Gasteiger partial charge in [-0.3, -0.25) is 31.2 Å². The molecule has 6 N–H and O–H groups in total. The Morgan fingerprint density at radius 1 is 0.667 bits per heavy atom. The number of halogens is 2. The van der Waals surface area contributed by atoms with Crippen molar-refractivity contribution in [3.63, 3.8) is 0 Å². The Labute approximate surface area is 228 Å². The van der Waals surface area contributed by atoms with Gasteiger partial charge in [0.15, 0.2) is 10.3 Å². The highest BCUT2D eigenvalue weighted by molar-refractivity contribution is 8.26. The highest BCUT2D eigenvalue weighted by atomic mass is 35.5. The van der Waals surface area contributed by atoms with Gasteiger partial charge < -0.3 is 10.6 Å². The molecule has 0 aliphatic carbocycles. The molecule has 0 heterocycles. The molecule has 0 aromatic heterocycles. The molecule has 0 saturated heterocycles. The number of unbranched alkanes of at least 4 members (excludes halogenated alkanes) is 1. The lowest BCUT2D eigenvalue weighted by atomic mass is 10.1. The summed E-state index contributed by atoms with van der Waals surface area (Å²) in [4.78, 5) is 24.2. The molecule has 0 atom stereocenters. The molecule has 8 nitrogen and oxygen atoms in total. The molecule has 0 aliphatic rings. The first-order chi connectivity index (χ1) is 17.1. The standard InChI is InChI=1S/C24H26Cl2N6O2S2/c25-17-9-3-1-7-15(17)13-21(33)31-23(29)35-19(27)11-5-6-12-20(28)36-24(30)32-22(34)14-16-8-2-4-10-18(16)26/h1-4,7-10,27-28H,5-6,11-14H2,(H2,29,31,33)(H2,30,32,34). The van der Waals surface area contributed by atoms with Crippen molar-refractivity contribution in [2.75, 3.05) is 0 Å². The third-order valence-electron chi connectivity index (χ3n) is 4.63. The van der Waals surface area contributed by atoms with Crippen molar-refractivity contribution >= 4 is 79.0 Å². The molecule has 190 valence electrons. The molecule has 2 aromatic rings. The van der Waals surface area contributed by atoms with Crippen molar-refractivity contribution < 1.29 is 9.59 Å². The second-order valence-electron chi connectivity index (χ2n) is 7.55. The molecular formula is C24H26Cl2N6O2S2. The third-order valence-corrected chi connectivity index (χ3v) is 6.88. The van der Waals surface area contributed by atoms with Crippen LogP contribution in [0.1, 0.15) is 36.8 Å². The summed E-state index contributed by atoms with van der Waals surface area (Å²) in [7, 11) is 0. The maximum absolute atomic E-state index is 12.1. The summed E-state index contributed by atoms with van der Waals surface area (Å²) in [6.07, 6.45) is 2.12. The number of nitrogens with one attached hydrogen (secondary N) is 6. The Morgan fingerprint density at radius 2 is 1.03 bits per heavy atom. The fourth-order valence-corrected chi connectivity index (χ4v) is 4.66. The lowest BCUT2D eigenvalue weighted by Crippen LogP contribution is -2.30. The number of carbonyl (C=O) groups is 2. The van der Waals surface area contributed by atoms with Crippen molar-refractivity contribution in [2.45, 2.75) is 38.5 Å². The van der Waals surface area contributed by atoms with Crippen LogP contribution in [0, 0.1) is 21.6 Å². The van der Waals surface area contributed by atoms with Crippen molar-refractivity contribution in [2.24, 2.45) is 0 Å². The molecule has 0 saturated carbocycles. The molecule has 12 heteroatoms. The zero-order chi connectivity index (χ0) is 26.5. The summed E-state index contributed by atoms with van der Waals surface area (Å²) < 4.78 is 0.